The topological polar surface area (TPSA) is 79.6 Å². The first-order chi connectivity index (χ1) is 12.6. The van der Waals surface area contributed by atoms with Crippen LogP contribution in [0, 0.1) is 5.92 Å². The Balaban J connectivity index is 1.70. The van der Waals surface area contributed by atoms with Crippen LogP contribution >= 0.6 is 11.8 Å². The highest BCUT2D eigenvalue weighted by atomic mass is 32.2. The maximum absolute atomic E-state index is 9.68. The summed E-state index contributed by atoms with van der Waals surface area (Å²) in [6.07, 6.45) is 4.03. The second-order valence-corrected chi connectivity index (χ2v) is 10.9. The minimum absolute atomic E-state index is 0.00155. The zero-order chi connectivity index (χ0) is 19.8. The van der Waals surface area contributed by atoms with Gasteiger partial charge in [0.2, 0.25) is 0 Å². The van der Waals surface area contributed by atoms with Crippen LogP contribution in [0.4, 0.5) is 0 Å². The van der Waals surface area contributed by atoms with Gasteiger partial charge in [0.15, 0.2) is 5.82 Å². The number of aryl methyl sites for hydroxylation is 1. The van der Waals surface area contributed by atoms with E-state index in [1.807, 2.05) is 23.5 Å². The number of nitrogens with one attached hydrogen (secondary N) is 1. The number of aromatic amines is 1. The smallest absolute Gasteiger partial charge is 0.179 e. The second-order valence-electron chi connectivity index (χ2n) is 9.31. The van der Waals surface area contributed by atoms with Crippen molar-refractivity contribution in [1.82, 2.24) is 25.0 Å². The highest BCUT2D eigenvalue weighted by molar-refractivity contribution is 8.00. The van der Waals surface area contributed by atoms with E-state index in [4.69, 9.17) is 0 Å². The largest absolute Gasteiger partial charge is 0.393 e. The van der Waals surface area contributed by atoms with Crippen LogP contribution in [0.25, 0.3) is 11.5 Å². The number of aromatic nitrogens is 5. The van der Waals surface area contributed by atoms with Crippen molar-refractivity contribution >= 4 is 11.8 Å². The number of aliphatic hydroxyl groups excluding tert-OH is 1. The van der Waals surface area contributed by atoms with E-state index in [2.05, 4.69) is 61.0 Å². The van der Waals surface area contributed by atoms with Crippen molar-refractivity contribution in [3.8, 4) is 11.5 Å². The van der Waals surface area contributed by atoms with E-state index in [-0.39, 0.29) is 16.3 Å². The summed E-state index contributed by atoms with van der Waals surface area (Å²) < 4.78 is 1.74. The molecule has 0 saturated heterocycles. The molecule has 3 rings (SSSR count). The van der Waals surface area contributed by atoms with Gasteiger partial charge in [0, 0.05) is 12.5 Å². The molecular weight excluding hydrogens is 358 g/mol. The minimum Gasteiger partial charge on any atom is -0.393 e. The maximum atomic E-state index is 9.68. The highest BCUT2D eigenvalue weighted by Gasteiger charge is 2.29. The second kappa shape index (κ2) is 7.59. The first-order valence-corrected chi connectivity index (χ1v) is 10.8. The Kier molecular flexibility index (Phi) is 5.73. The monoisotopic (exact) mass is 391 g/mol. The molecule has 0 unspecified atom stereocenters. The van der Waals surface area contributed by atoms with E-state index < -0.39 is 0 Å². The van der Waals surface area contributed by atoms with Crippen molar-refractivity contribution in [2.75, 3.05) is 5.75 Å². The fourth-order valence-electron chi connectivity index (χ4n) is 3.41. The van der Waals surface area contributed by atoms with Crippen LogP contribution in [-0.2, 0) is 17.2 Å². The van der Waals surface area contributed by atoms with Crippen LogP contribution in [0.1, 0.15) is 71.8 Å². The third-order valence-corrected chi connectivity index (χ3v) is 7.00. The summed E-state index contributed by atoms with van der Waals surface area (Å²) in [5, 5.41) is 23.2. The lowest BCUT2D eigenvalue weighted by atomic mass is 9.89. The SMILES string of the molecule is Cn1nc(C(C)(C)C)cc1-c1nnc(C(C)(C)SC[C@H]2CC[C@H](O)CC2)[nH]1. The summed E-state index contributed by atoms with van der Waals surface area (Å²) in [5.74, 6) is 3.45. The number of rotatable bonds is 5. The number of hydrogen-bond acceptors (Lipinski definition) is 5. The molecule has 0 radical (unpaired) electrons. The molecule has 2 heterocycles. The quantitative estimate of drug-likeness (QED) is 0.805. The summed E-state index contributed by atoms with van der Waals surface area (Å²) in [5.41, 5.74) is 2.01. The van der Waals surface area contributed by atoms with Gasteiger partial charge in [-0.15, -0.1) is 22.0 Å². The van der Waals surface area contributed by atoms with Crippen LogP contribution < -0.4 is 0 Å². The normalized spacial score (nSPS) is 21.6. The van der Waals surface area contributed by atoms with Crippen molar-refractivity contribution in [3.63, 3.8) is 0 Å². The summed E-state index contributed by atoms with van der Waals surface area (Å²) in [7, 11) is 1.95. The molecule has 6 nitrogen and oxygen atoms in total. The van der Waals surface area contributed by atoms with Gasteiger partial charge in [-0.2, -0.15) is 5.10 Å². The zero-order valence-electron chi connectivity index (χ0n) is 17.4. The van der Waals surface area contributed by atoms with E-state index in [9.17, 15) is 5.11 Å². The summed E-state index contributed by atoms with van der Waals surface area (Å²) >= 11 is 1.92. The lowest BCUT2D eigenvalue weighted by Gasteiger charge is -2.28. The molecule has 7 heteroatoms. The molecule has 0 spiro atoms. The van der Waals surface area contributed by atoms with Crippen LogP contribution in [0.3, 0.4) is 0 Å². The fraction of sp³-hybridized carbons (Fsp3) is 0.750. The molecule has 27 heavy (non-hydrogen) atoms. The van der Waals surface area contributed by atoms with Gasteiger partial charge in [0.25, 0.3) is 0 Å². The van der Waals surface area contributed by atoms with Crippen LogP contribution in [0.15, 0.2) is 6.07 Å². The van der Waals surface area contributed by atoms with E-state index >= 15 is 0 Å². The number of hydrogen-bond donors (Lipinski definition) is 2. The van der Waals surface area contributed by atoms with Crippen molar-refractivity contribution in [1.29, 1.82) is 0 Å². The molecule has 2 aromatic rings. The Hall–Kier alpha value is -1.34. The highest BCUT2D eigenvalue weighted by Crippen LogP contribution is 2.38. The predicted molar refractivity (Wildman–Crippen MR) is 111 cm³/mol. The number of aliphatic hydroxyl groups is 1. The molecule has 2 N–H and O–H groups in total. The molecule has 1 fully saturated rings. The van der Waals surface area contributed by atoms with Crippen molar-refractivity contribution in [2.24, 2.45) is 13.0 Å². The summed E-state index contributed by atoms with van der Waals surface area (Å²) in [6.45, 7) is 10.9. The zero-order valence-corrected chi connectivity index (χ0v) is 18.2. The Labute approximate surface area is 166 Å². The minimum atomic E-state index is -0.132. The first-order valence-electron chi connectivity index (χ1n) is 9.86. The lowest BCUT2D eigenvalue weighted by molar-refractivity contribution is 0.113. The first kappa shape index (κ1) is 20.4. The van der Waals surface area contributed by atoms with E-state index in [1.54, 1.807) is 0 Å². The molecule has 1 aliphatic carbocycles. The fourth-order valence-corrected chi connectivity index (χ4v) is 4.62. The van der Waals surface area contributed by atoms with Crippen LogP contribution in [0.2, 0.25) is 0 Å². The molecule has 0 atom stereocenters. The van der Waals surface area contributed by atoms with Crippen LogP contribution in [0.5, 0.6) is 0 Å². The Morgan fingerprint density at radius 3 is 2.41 bits per heavy atom. The number of thioether (sulfide) groups is 1. The molecule has 1 saturated carbocycles. The Bertz CT molecular complexity index is 766. The van der Waals surface area contributed by atoms with Gasteiger partial charge in [0.1, 0.15) is 11.5 Å². The van der Waals surface area contributed by atoms with Gasteiger partial charge in [-0.25, -0.2) is 0 Å². The maximum Gasteiger partial charge on any atom is 0.179 e. The van der Waals surface area contributed by atoms with Crippen molar-refractivity contribution in [3.05, 3.63) is 17.6 Å². The molecule has 0 bridgehead atoms. The molecule has 150 valence electrons. The third kappa shape index (κ3) is 4.74. The average molecular weight is 392 g/mol. The van der Waals surface area contributed by atoms with Gasteiger partial charge in [0.05, 0.1) is 16.5 Å². The third-order valence-electron chi connectivity index (χ3n) is 5.44. The van der Waals surface area contributed by atoms with Gasteiger partial charge >= 0.3 is 0 Å². The molecule has 2 aromatic heterocycles. The molecule has 1 aliphatic rings. The molecule has 0 amide bonds. The molecule has 0 aliphatic heterocycles. The standard InChI is InChI=1S/C20H33N5OS/c1-19(2,3)16-11-15(25(6)24-16)17-21-18(23-22-17)20(4,5)27-12-13-7-9-14(26)10-8-13/h11,13-14,26H,7-10,12H2,1-6H3,(H,21,22,23)/t13-,14-. The molecular formula is C20H33N5OS. The van der Waals surface area contributed by atoms with Crippen molar-refractivity contribution < 1.29 is 5.11 Å². The van der Waals surface area contributed by atoms with Crippen molar-refractivity contribution in [2.45, 2.75) is 76.6 Å². The Morgan fingerprint density at radius 1 is 1.15 bits per heavy atom. The van der Waals surface area contributed by atoms with E-state index in [1.165, 1.54) is 0 Å². The molecule has 0 aromatic carbocycles. The van der Waals surface area contributed by atoms with Gasteiger partial charge in [-0.05, 0) is 57.3 Å². The predicted octanol–water partition coefficient (Wildman–Crippen LogP) is 4.02. The van der Waals surface area contributed by atoms with Gasteiger partial charge < -0.3 is 10.1 Å². The van der Waals surface area contributed by atoms with E-state index in [0.717, 1.165) is 54.5 Å². The number of H-pyrrole nitrogens is 1. The summed E-state index contributed by atoms with van der Waals surface area (Å²) in [6, 6.07) is 2.10. The van der Waals surface area contributed by atoms with Crippen LogP contribution in [-0.4, -0.2) is 41.9 Å². The Morgan fingerprint density at radius 2 is 1.81 bits per heavy atom. The van der Waals surface area contributed by atoms with Gasteiger partial charge in [-0.3, -0.25) is 4.68 Å². The lowest BCUT2D eigenvalue weighted by Crippen LogP contribution is -2.22. The average Bonchev–Trinajstić information content (AvgIpc) is 3.21. The van der Waals surface area contributed by atoms with Gasteiger partial charge in [-0.1, -0.05) is 20.8 Å². The van der Waals surface area contributed by atoms with E-state index in [0.29, 0.717) is 5.92 Å². The number of nitrogens with zero attached hydrogens (tertiary/aromatic N) is 4. The summed E-state index contributed by atoms with van der Waals surface area (Å²) in [4.78, 5) is 3.43.